The van der Waals surface area contributed by atoms with Gasteiger partial charge in [-0.1, -0.05) is 6.92 Å². The van der Waals surface area contributed by atoms with E-state index in [2.05, 4.69) is 0 Å². The van der Waals surface area contributed by atoms with Crippen LogP contribution in [0.2, 0.25) is 0 Å². The summed E-state index contributed by atoms with van der Waals surface area (Å²) in [5.41, 5.74) is -0.406. The number of aliphatic carboxylic acids is 1. The van der Waals surface area contributed by atoms with Gasteiger partial charge in [0, 0.05) is 13.3 Å². The molecule has 5 unspecified atom stereocenters. The highest BCUT2D eigenvalue weighted by molar-refractivity contribution is 5.71. The van der Waals surface area contributed by atoms with E-state index >= 15 is 0 Å². The van der Waals surface area contributed by atoms with E-state index in [0.717, 1.165) is 25.7 Å². The van der Waals surface area contributed by atoms with Crippen LogP contribution in [-0.2, 0) is 23.8 Å². The van der Waals surface area contributed by atoms with Gasteiger partial charge in [-0.2, -0.15) is 0 Å². The van der Waals surface area contributed by atoms with Crippen LogP contribution in [0.5, 0.6) is 0 Å². The number of rotatable bonds is 2. The molecule has 1 N–H and O–H groups in total. The van der Waals surface area contributed by atoms with E-state index < -0.39 is 23.1 Å². The second kappa shape index (κ2) is 4.95. The van der Waals surface area contributed by atoms with Crippen LogP contribution in [0.1, 0.15) is 46.0 Å². The van der Waals surface area contributed by atoms with Crippen molar-refractivity contribution >= 4 is 11.9 Å². The Labute approximate surface area is 123 Å². The van der Waals surface area contributed by atoms with Crippen molar-refractivity contribution in [3.05, 3.63) is 0 Å². The van der Waals surface area contributed by atoms with Gasteiger partial charge < -0.3 is 19.3 Å². The molecule has 118 valence electrons. The predicted octanol–water partition coefficient (Wildman–Crippen LogP) is 1.71. The van der Waals surface area contributed by atoms with Crippen molar-refractivity contribution in [2.24, 2.45) is 11.3 Å². The molecule has 0 aromatic carbocycles. The van der Waals surface area contributed by atoms with E-state index in [4.69, 9.17) is 14.2 Å². The zero-order valence-corrected chi connectivity index (χ0v) is 12.5. The van der Waals surface area contributed by atoms with Crippen LogP contribution >= 0.6 is 0 Å². The maximum Gasteiger partial charge on any atom is 0.311 e. The summed E-state index contributed by atoms with van der Waals surface area (Å²) in [7, 11) is 0. The normalized spacial score (nSPS) is 45.5. The molecule has 2 bridgehead atoms. The zero-order chi connectivity index (χ0) is 15.3. The summed E-state index contributed by atoms with van der Waals surface area (Å²) >= 11 is 0. The predicted molar refractivity (Wildman–Crippen MR) is 71.4 cm³/mol. The van der Waals surface area contributed by atoms with Gasteiger partial charge in [0.1, 0.15) is 12.0 Å². The molecular formula is C15H22O6. The molecule has 2 saturated heterocycles. The zero-order valence-electron chi connectivity index (χ0n) is 12.5. The van der Waals surface area contributed by atoms with Crippen LogP contribution in [0.25, 0.3) is 0 Å². The topological polar surface area (TPSA) is 82.1 Å². The number of esters is 1. The smallest absolute Gasteiger partial charge is 0.311 e. The maximum absolute atomic E-state index is 11.4. The van der Waals surface area contributed by atoms with Gasteiger partial charge in [0.2, 0.25) is 0 Å². The van der Waals surface area contributed by atoms with Crippen LogP contribution < -0.4 is 0 Å². The van der Waals surface area contributed by atoms with Crippen molar-refractivity contribution in [2.45, 2.75) is 63.9 Å². The summed E-state index contributed by atoms with van der Waals surface area (Å²) in [4.78, 5) is 22.6. The van der Waals surface area contributed by atoms with Crippen LogP contribution in [0, 0.1) is 11.3 Å². The number of ether oxygens (including phenoxy) is 3. The summed E-state index contributed by atoms with van der Waals surface area (Å²) in [5, 5.41) is 9.25. The van der Waals surface area contributed by atoms with Crippen LogP contribution in [0.15, 0.2) is 0 Å². The lowest BCUT2D eigenvalue weighted by Crippen LogP contribution is -2.67. The molecule has 2 aliphatic heterocycles. The third-order valence-corrected chi connectivity index (χ3v) is 5.41. The van der Waals surface area contributed by atoms with E-state index in [1.54, 1.807) is 0 Å². The minimum atomic E-state index is -0.870. The number of fused-ring (bicyclic) bond motifs is 1. The largest absolute Gasteiger partial charge is 0.481 e. The van der Waals surface area contributed by atoms with Gasteiger partial charge in [-0.25, -0.2) is 0 Å². The molecule has 0 amide bonds. The standard InChI is InChI=1S/C15H22O6/c1-9(16)20-12-4-3-6-15-14(12,2)7-5-11(21-15)10(8-19-15)13(17)18/h10-12H,3-8H2,1-2H3,(H,17,18). The third-order valence-electron chi connectivity index (χ3n) is 5.41. The first-order chi connectivity index (χ1) is 9.88. The monoisotopic (exact) mass is 298 g/mol. The number of hydrogen-bond donors (Lipinski definition) is 1. The molecule has 6 heteroatoms. The highest BCUT2D eigenvalue weighted by Crippen LogP contribution is 2.57. The minimum absolute atomic E-state index is 0.169. The van der Waals surface area contributed by atoms with E-state index in [9.17, 15) is 14.7 Å². The molecule has 3 rings (SSSR count). The van der Waals surface area contributed by atoms with E-state index in [0.29, 0.717) is 6.42 Å². The van der Waals surface area contributed by atoms with Gasteiger partial charge in [-0.05, 0) is 25.7 Å². The van der Waals surface area contributed by atoms with Gasteiger partial charge in [0.15, 0.2) is 5.79 Å². The van der Waals surface area contributed by atoms with E-state index in [-0.39, 0.29) is 24.8 Å². The lowest BCUT2D eigenvalue weighted by atomic mass is 9.62. The van der Waals surface area contributed by atoms with Gasteiger partial charge in [0.25, 0.3) is 0 Å². The Bertz CT molecular complexity index is 463. The van der Waals surface area contributed by atoms with Crippen LogP contribution in [0.3, 0.4) is 0 Å². The molecule has 0 aromatic heterocycles. The molecule has 1 spiro atoms. The molecule has 3 fully saturated rings. The molecule has 2 heterocycles. The summed E-state index contributed by atoms with van der Waals surface area (Å²) < 4.78 is 17.6. The summed E-state index contributed by atoms with van der Waals surface area (Å²) in [6.07, 6.45) is 3.25. The van der Waals surface area contributed by atoms with Crippen molar-refractivity contribution in [3.8, 4) is 0 Å². The van der Waals surface area contributed by atoms with Crippen LogP contribution in [-0.4, -0.2) is 41.6 Å². The van der Waals surface area contributed by atoms with Gasteiger partial charge >= 0.3 is 11.9 Å². The average molecular weight is 298 g/mol. The average Bonchev–Trinajstić information content (AvgIpc) is 2.41. The number of carboxylic acid groups (broad SMARTS) is 1. The Hall–Kier alpha value is -1.14. The first kappa shape index (κ1) is 14.8. The minimum Gasteiger partial charge on any atom is -0.481 e. The van der Waals surface area contributed by atoms with Crippen molar-refractivity contribution in [3.63, 3.8) is 0 Å². The Kier molecular flexibility index (Phi) is 3.48. The van der Waals surface area contributed by atoms with E-state index in [1.807, 2.05) is 6.92 Å². The first-order valence-electron chi connectivity index (χ1n) is 7.60. The third kappa shape index (κ3) is 2.16. The lowest BCUT2D eigenvalue weighted by Gasteiger charge is -2.60. The molecule has 1 saturated carbocycles. The Morgan fingerprint density at radius 2 is 2.05 bits per heavy atom. The molecule has 21 heavy (non-hydrogen) atoms. The highest BCUT2D eigenvalue weighted by Gasteiger charge is 2.64. The molecule has 1 aliphatic carbocycles. The van der Waals surface area contributed by atoms with Crippen LogP contribution in [0.4, 0.5) is 0 Å². The molecule has 5 atom stereocenters. The van der Waals surface area contributed by atoms with Gasteiger partial charge in [-0.15, -0.1) is 0 Å². The van der Waals surface area contributed by atoms with Crippen molar-refractivity contribution < 1.29 is 28.9 Å². The Balaban J connectivity index is 1.87. The van der Waals surface area contributed by atoms with Gasteiger partial charge in [-0.3, -0.25) is 9.59 Å². The second-order valence-corrected chi connectivity index (χ2v) is 6.61. The fourth-order valence-corrected chi connectivity index (χ4v) is 4.17. The Morgan fingerprint density at radius 3 is 2.71 bits per heavy atom. The number of carbonyl (C=O) groups excluding carboxylic acids is 1. The fraction of sp³-hybridized carbons (Fsp3) is 0.867. The highest BCUT2D eigenvalue weighted by atomic mass is 16.7. The maximum atomic E-state index is 11.4. The number of hydrogen-bond acceptors (Lipinski definition) is 5. The molecule has 3 aliphatic rings. The lowest BCUT2D eigenvalue weighted by molar-refractivity contribution is -0.399. The number of carboxylic acids is 1. The van der Waals surface area contributed by atoms with Crippen molar-refractivity contribution in [1.82, 2.24) is 0 Å². The quantitative estimate of drug-likeness (QED) is 0.782. The molecule has 0 aromatic rings. The summed E-state index contributed by atoms with van der Waals surface area (Å²) in [6, 6.07) is 0. The molecule has 0 radical (unpaired) electrons. The number of carbonyl (C=O) groups is 2. The second-order valence-electron chi connectivity index (χ2n) is 6.61. The fourth-order valence-electron chi connectivity index (χ4n) is 4.17. The summed E-state index contributed by atoms with van der Waals surface area (Å²) in [5.74, 6) is -2.57. The first-order valence-corrected chi connectivity index (χ1v) is 7.60. The van der Waals surface area contributed by atoms with Crippen molar-refractivity contribution in [2.75, 3.05) is 6.61 Å². The van der Waals surface area contributed by atoms with E-state index in [1.165, 1.54) is 6.92 Å². The SMILES string of the molecule is CC(=O)OC1CCCC23OCC(C(=O)O)C(CCC12C)O3. The summed E-state index contributed by atoms with van der Waals surface area (Å²) in [6.45, 7) is 3.62. The molecular weight excluding hydrogens is 276 g/mol. The van der Waals surface area contributed by atoms with Gasteiger partial charge in [0.05, 0.1) is 18.1 Å². The van der Waals surface area contributed by atoms with Crippen molar-refractivity contribution in [1.29, 1.82) is 0 Å². The Morgan fingerprint density at radius 1 is 1.29 bits per heavy atom. The molecule has 6 nitrogen and oxygen atoms in total.